The second kappa shape index (κ2) is 12.1. The van der Waals surface area contributed by atoms with Gasteiger partial charge in [0.1, 0.15) is 0 Å². The number of hydrogen-bond donors (Lipinski definition) is 2. The quantitative estimate of drug-likeness (QED) is 0.325. The molecule has 0 aromatic heterocycles. The number of nitrogens with zero attached hydrogens (tertiary/aromatic N) is 2. The lowest BCUT2D eigenvalue weighted by atomic mass is 10.0. The number of benzene rings is 1. The molecule has 1 saturated heterocycles. The number of guanidine groups is 1. The van der Waals surface area contributed by atoms with Gasteiger partial charge >= 0.3 is 0 Å². The van der Waals surface area contributed by atoms with E-state index in [2.05, 4.69) is 41.6 Å². The van der Waals surface area contributed by atoms with Gasteiger partial charge in [0.05, 0.1) is 18.3 Å². The zero-order valence-corrected chi connectivity index (χ0v) is 20.2. The van der Waals surface area contributed by atoms with Gasteiger partial charge in [0, 0.05) is 31.1 Å². The maximum Gasteiger partial charge on any atom is 0.215 e. The molecule has 0 bridgehead atoms. The summed E-state index contributed by atoms with van der Waals surface area (Å²) in [6, 6.07) is 8.31. The Hall–Kier alpha value is -0.520. The standard InChI is InChI=1S/C18H30N4O2S2.HI/c1-4-19-18(21-16(3)17-8-6-5-7-15(17)2)20-9-14-26(23,24)22-10-12-25-13-11-22;/h5-8,16H,4,9-14H2,1-3H3,(H2,19,20,21);1H. The molecule has 1 atom stereocenters. The molecule has 1 aromatic carbocycles. The van der Waals surface area contributed by atoms with E-state index in [0.717, 1.165) is 18.1 Å². The van der Waals surface area contributed by atoms with Gasteiger partial charge in [-0.3, -0.25) is 4.99 Å². The van der Waals surface area contributed by atoms with Crippen LogP contribution in [0.5, 0.6) is 0 Å². The lowest BCUT2D eigenvalue weighted by Gasteiger charge is -2.25. The van der Waals surface area contributed by atoms with Crippen molar-refractivity contribution in [1.82, 2.24) is 14.9 Å². The largest absolute Gasteiger partial charge is 0.357 e. The summed E-state index contributed by atoms with van der Waals surface area (Å²) >= 11 is 1.80. The molecule has 0 aliphatic carbocycles. The minimum Gasteiger partial charge on any atom is -0.357 e. The van der Waals surface area contributed by atoms with Crippen molar-refractivity contribution in [1.29, 1.82) is 0 Å². The Morgan fingerprint density at radius 2 is 1.96 bits per heavy atom. The van der Waals surface area contributed by atoms with Gasteiger partial charge in [-0.2, -0.15) is 11.8 Å². The Labute approximate surface area is 185 Å². The van der Waals surface area contributed by atoms with Gasteiger partial charge in [-0.1, -0.05) is 24.3 Å². The number of thioether (sulfide) groups is 1. The van der Waals surface area contributed by atoms with Gasteiger partial charge in [-0.15, -0.1) is 24.0 Å². The minimum atomic E-state index is -3.22. The molecule has 27 heavy (non-hydrogen) atoms. The van der Waals surface area contributed by atoms with Crippen molar-refractivity contribution in [3.8, 4) is 0 Å². The van der Waals surface area contributed by atoms with Crippen LogP contribution >= 0.6 is 35.7 Å². The Balaban J connectivity index is 0.00000364. The van der Waals surface area contributed by atoms with E-state index in [9.17, 15) is 8.42 Å². The summed E-state index contributed by atoms with van der Waals surface area (Å²) in [5.74, 6) is 2.45. The van der Waals surface area contributed by atoms with Crippen LogP contribution in [0.15, 0.2) is 29.3 Å². The first-order chi connectivity index (χ1) is 12.4. The Kier molecular flexibility index (Phi) is 11.0. The lowest BCUT2D eigenvalue weighted by Crippen LogP contribution is -2.41. The van der Waals surface area contributed by atoms with E-state index in [1.807, 2.05) is 19.1 Å². The predicted molar refractivity (Wildman–Crippen MR) is 127 cm³/mol. The van der Waals surface area contributed by atoms with Crippen LogP contribution in [0.25, 0.3) is 0 Å². The molecule has 0 saturated carbocycles. The molecule has 1 aliphatic heterocycles. The Bertz CT molecular complexity index is 707. The summed E-state index contributed by atoms with van der Waals surface area (Å²) in [6.45, 7) is 8.36. The maximum absolute atomic E-state index is 12.4. The number of nitrogens with one attached hydrogen (secondary N) is 2. The Morgan fingerprint density at radius 3 is 2.59 bits per heavy atom. The molecule has 1 heterocycles. The van der Waals surface area contributed by atoms with E-state index in [4.69, 9.17) is 0 Å². The summed E-state index contributed by atoms with van der Waals surface area (Å²) in [5, 5.41) is 6.56. The number of sulfonamides is 1. The second-order valence-corrected chi connectivity index (χ2v) is 9.62. The first-order valence-corrected chi connectivity index (χ1v) is 11.9. The summed E-state index contributed by atoms with van der Waals surface area (Å²) in [6.07, 6.45) is 0. The highest BCUT2D eigenvalue weighted by atomic mass is 127. The number of aryl methyl sites for hydroxylation is 1. The number of hydrogen-bond acceptors (Lipinski definition) is 4. The van der Waals surface area contributed by atoms with Crippen LogP contribution in [-0.2, 0) is 10.0 Å². The fourth-order valence-electron chi connectivity index (χ4n) is 2.90. The van der Waals surface area contributed by atoms with E-state index in [-0.39, 0.29) is 42.3 Å². The van der Waals surface area contributed by atoms with Crippen LogP contribution in [0.3, 0.4) is 0 Å². The highest BCUT2D eigenvalue weighted by Gasteiger charge is 2.23. The zero-order valence-electron chi connectivity index (χ0n) is 16.3. The maximum atomic E-state index is 12.4. The van der Waals surface area contributed by atoms with E-state index >= 15 is 0 Å². The number of aliphatic imine (C=N–C) groups is 1. The van der Waals surface area contributed by atoms with Crippen LogP contribution in [0.4, 0.5) is 0 Å². The van der Waals surface area contributed by atoms with Crippen molar-refractivity contribution >= 4 is 51.7 Å². The predicted octanol–water partition coefficient (Wildman–Crippen LogP) is 2.61. The molecule has 1 aromatic rings. The number of halogens is 1. The highest BCUT2D eigenvalue weighted by Crippen LogP contribution is 2.16. The molecule has 2 rings (SSSR count). The monoisotopic (exact) mass is 526 g/mol. The molecular weight excluding hydrogens is 495 g/mol. The van der Waals surface area contributed by atoms with Crippen molar-refractivity contribution in [2.24, 2.45) is 4.99 Å². The lowest BCUT2D eigenvalue weighted by molar-refractivity contribution is 0.444. The number of rotatable bonds is 7. The van der Waals surface area contributed by atoms with Crippen molar-refractivity contribution in [2.75, 3.05) is 43.4 Å². The van der Waals surface area contributed by atoms with Crippen LogP contribution in [-0.4, -0.2) is 62.1 Å². The first kappa shape index (κ1) is 24.5. The van der Waals surface area contributed by atoms with Crippen molar-refractivity contribution < 1.29 is 8.42 Å². The molecule has 1 aliphatic rings. The molecule has 2 N–H and O–H groups in total. The fraction of sp³-hybridized carbons (Fsp3) is 0.611. The third-order valence-corrected chi connectivity index (χ3v) is 7.13. The zero-order chi connectivity index (χ0) is 19.0. The SMILES string of the molecule is CCNC(=NCCS(=O)(=O)N1CCSCC1)NC(C)c1ccccc1C.I. The molecule has 1 fully saturated rings. The second-order valence-electron chi connectivity index (χ2n) is 6.31. The van der Waals surface area contributed by atoms with E-state index in [1.165, 1.54) is 11.1 Å². The summed E-state index contributed by atoms with van der Waals surface area (Å²) in [4.78, 5) is 4.47. The van der Waals surface area contributed by atoms with Crippen LogP contribution in [0.2, 0.25) is 0 Å². The molecule has 0 spiro atoms. The molecule has 0 amide bonds. The van der Waals surface area contributed by atoms with Crippen molar-refractivity contribution in [2.45, 2.75) is 26.8 Å². The molecule has 9 heteroatoms. The van der Waals surface area contributed by atoms with Gasteiger partial charge in [0.2, 0.25) is 10.0 Å². The van der Waals surface area contributed by atoms with E-state index in [1.54, 1.807) is 16.1 Å². The summed E-state index contributed by atoms with van der Waals surface area (Å²) in [7, 11) is -3.22. The molecular formula is C18H31IN4O2S2. The van der Waals surface area contributed by atoms with Gasteiger partial charge in [0.15, 0.2) is 5.96 Å². The highest BCUT2D eigenvalue weighted by molar-refractivity contribution is 14.0. The molecule has 6 nitrogen and oxygen atoms in total. The molecule has 154 valence electrons. The summed E-state index contributed by atoms with van der Waals surface area (Å²) in [5.41, 5.74) is 2.42. The average molecular weight is 527 g/mol. The van der Waals surface area contributed by atoms with Gasteiger partial charge in [0.25, 0.3) is 0 Å². The topological polar surface area (TPSA) is 73.8 Å². The smallest absolute Gasteiger partial charge is 0.215 e. The Morgan fingerprint density at radius 1 is 1.30 bits per heavy atom. The molecule has 1 unspecified atom stereocenters. The third kappa shape index (κ3) is 7.78. The normalized spacial score (nSPS) is 17.1. The van der Waals surface area contributed by atoms with Crippen LogP contribution in [0.1, 0.15) is 31.0 Å². The third-order valence-electron chi connectivity index (χ3n) is 4.34. The van der Waals surface area contributed by atoms with Crippen LogP contribution < -0.4 is 10.6 Å². The van der Waals surface area contributed by atoms with E-state index < -0.39 is 10.0 Å². The fourth-order valence-corrected chi connectivity index (χ4v) is 5.36. The van der Waals surface area contributed by atoms with Gasteiger partial charge in [-0.05, 0) is 31.9 Å². The average Bonchev–Trinajstić information content (AvgIpc) is 2.62. The first-order valence-electron chi connectivity index (χ1n) is 9.10. The van der Waals surface area contributed by atoms with Gasteiger partial charge < -0.3 is 10.6 Å². The van der Waals surface area contributed by atoms with Gasteiger partial charge in [-0.25, -0.2) is 12.7 Å². The van der Waals surface area contributed by atoms with Crippen LogP contribution in [0, 0.1) is 6.92 Å². The molecule has 0 radical (unpaired) electrons. The van der Waals surface area contributed by atoms with Crippen molar-refractivity contribution in [3.05, 3.63) is 35.4 Å². The minimum absolute atomic E-state index is 0. The summed E-state index contributed by atoms with van der Waals surface area (Å²) < 4.78 is 26.4. The van der Waals surface area contributed by atoms with Crippen molar-refractivity contribution in [3.63, 3.8) is 0 Å². The van der Waals surface area contributed by atoms with E-state index in [0.29, 0.717) is 19.0 Å².